The summed E-state index contributed by atoms with van der Waals surface area (Å²) >= 11 is 0. The van der Waals surface area contributed by atoms with E-state index < -0.39 is 11.9 Å². The molecule has 2 aliphatic rings. The third-order valence-corrected chi connectivity index (χ3v) is 6.92. The quantitative estimate of drug-likeness (QED) is 0.467. The zero-order valence-corrected chi connectivity index (χ0v) is 17.6. The van der Waals surface area contributed by atoms with Gasteiger partial charge in [-0.15, -0.1) is 0 Å². The third kappa shape index (κ3) is 3.61. The molecule has 0 radical (unpaired) electrons. The van der Waals surface area contributed by atoms with Crippen LogP contribution in [0.25, 0.3) is 11.0 Å². The maximum absolute atomic E-state index is 13.5. The van der Waals surface area contributed by atoms with Gasteiger partial charge in [-0.25, -0.2) is 14.4 Å². The molecule has 32 heavy (non-hydrogen) atoms. The number of aliphatic hydroxyl groups is 2. The van der Waals surface area contributed by atoms with Crippen LogP contribution in [0.3, 0.4) is 0 Å². The van der Waals surface area contributed by atoms with Crippen LogP contribution < -0.4 is 10.2 Å². The Bertz CT molecular complexity index is 1150. The van der Waals surface area contributed by atoms with Gasteiger partial charge in [0.05, 0.1) is 24.6 Å². The number of halogens is 1. The molecule has 168 valence electrons. The van der Waals surface area contributed by atoms with Gasteiger partial charge in [0.2, 0.25) is 5.91 Å². The number of rotatable bonds is 6. The largest absolute Gasteiger partial charge is 0.394 e. The highest BCUT2D eigenvalue weighted by Gasteiger charge is 2.55. The lowest BCUT2D eigenvalue weighted by Crippen LogP contribution is -2.49. The Kier molecular flexibility index (Phi) is 5.30. The first-order chi connectivity index (χ1) is 15.5. The molecule has 1 amide bonds. The van der Waals surface area contributed by atoms with E-state index in [9.17, 15) is 19.4 Å². The van der Waals surface area contributed by atoms with Crippen molar-refractivity contribution >= 4 is 22.8 Å². The summed E-state index contributed by atoms with van der Waals surface area (Å²) in [5.74, 6) is 0.137. The summed E-state index contributed by atoms with van der Waals surface area (Å²) in [5.41, 5.74) is 1.57. The van der Waals surface area contributed by atoms with Crippen molar-refractivity contribution in [3.8, 4) is 0 Å². The number of H-pyrrole nitrogens is 1. The molecule has 9 heteroatoms. The SMILES string of the molecule is O=C(N[C@@H](CO)c1ccc(F)cc1CO)[C@H]1CCN(c2ncnc3[nH]ccc23)CC12CC2. The van der Waals surface area contributed by atoms with Crippen LogP contribution in [0.4, 0.5) is 10.2 Å². The fourth-order valence-electron chi connectivity index (χ4n) is 5.07. The van der Waals surface area contributed by atoms with Gasteiger partial charge in [-0.1, -0.05) is 6.07 Å². The predicted molar refractivity (Wildman–Crippen MR) is 116 cm³/mol. The van der Waals surface area contributed by atoms with Crippen molar-refractivity contribution in [3.05, 3.63) is 53.7 Å². The molecular weight excluding hydrogens is 413 g/mol. The molecule has 1 saturated carbocycles. The molecule has 3 heterocycles. The normalized spacial score (nSPS) is 20.5. The second-order valence-corrected chi connectivity index (χ2v) is 8.81. The fraction of sp³-hybridized carbons (Fsp3) is 0.435. The number of piperidine rings is 1. The number of fused-ring (bicyclic) bond motifs is 1. The van der Waals surface area contributed by atoms with E-state index in [2.05, 4.69) is 25.2 Å². The number of hydrogen-bond donors (Lipinski definition) is 4. The minimum Gasteiger partial charge on any atom is -0.394 e. The number of anilines is 1. The summed E-state index contributed by atoms with van der Waals surface area (Å²) in [5, 5.41) is 23.4. The Morgan fingerprint density at radius 3 is 2.91 bits per heavy atom. The molecule has 1 saturated heterocycles. The molecule has 8 nitrogen and oxygen atoms in total. The van der Waals surface area contributed by atoms with Crippen LogP contribution in [0, 0.1) is 17.2 Å². The predicted octanol–water partition coefficient (Wildman–Crippen LogP) is 2.05. The van der Waals surface area contributed by atoms with E-state index in [0.29, 0.717) is 24.1 Å². The number of aromatic nitrogens is 3. The second-order valence-electron chi connectivity index (χ2n) is 8.81. The number of aromatic amines is 1. The lowest BCUT2D eigenvalue weighted by Gasteiger charge is -2.39. The highest BCUT2D eigenvalue weighted by atomic mass is 19.1. The number of benzene rings is 1. The van der Waals surface area contributed by atoms with Gasteiger partial charge in [-0.3, -0.25) is 4.79 Å². The van der Waals surface area contributed by atoms with Gasteiger partial charge in [0.15, 0.2) is 0 Å². The molecule has 5 rings (SSSR count). The van der Waals surface area contributed by atoms with Crippen molar-refractivity contribution in [2.24, 2.45) is 11.3 Å². The topological polar surface area (TPSA) is 114 Å². The molecule has 1 aliphatic carbocycles. The van der Waals surface area contributed by atoms with Crippen LogP contribution in [0.15, 0.2) is 36.8 Å². The van der Waals surface area contributed by atoms with Crippen LogP contribution in [-0.2, 0) is 11.4 Å². The van der Waals surface area contributed by atoms with E-state index in [-0.39, 0.29) is 30.5 Å². The second kappa shape index (κ2) is 8.14. The Hall–Kier alpha value is -3.04. The number of carbonyl (C=O) groups excluding carboxylic acids is 1. The number of aliphatic hydroxyl groups excluding tert-OH is 2. The van der Waals surface area contributed by atoms with E-state index in [1.165, 1.54) is 18.2 Å². The zero-order chi connectivity index (χ0) is 22.3. The van der Waals surface area contributed by atoms with Crippen molar-refractivity contribution in [2.75, 3.05) is 24.6 Å². The molecule has 0 unspecified atom stereocenters. The number of amides is 1. The highest BCUT2D eigenvalue weighted by molar-refractivity contribution is 5.88. The highest BCUT2D eigenvalue weighted by Crippen LogP contribution is 2.56. The Labute approximate surface area is 184 Å². The number of carbonyl (C=O) groups is 1. The summed E-state index contributed by atoms with van der Waals surface area (Å²) < 4.78 is 13.5. The summed E-state index contributed by atoms with van der Waals surface area (Å²) in [7, 11) is 0. The standard InChI is InChI=1S/C23H26FN5O3/c24-15-1-2-16(14(9-15)10-30)19(11-31)28-22(32)18-4-8-29(12-23(18)5-6-23)21-17-3-7-25-20(17)26-13-27-21/h1-3,7,9,13,18-19,30-31H,4-6,8,10-12H2,(H,28,32)(H,25,26,27)/t18-,19+/m1/s1. The molecule has 3 aromatic rings. The van der Waals surface area contributed by atoms with Crippen molar-refractivity contribution in [2.45, 2.75) is 31.9 Å². The average Bonchev–Trinajstić information content (AvgIpc) is 3.38. The summed E-state index contributed by atoms with van der Waals surface area (Å²) in [6.45, 7) is 0.737. The minimum atomic E-state index is -0.694. The number of nitrogens with zero attached hydrogens (tertiary/aromatic N) is 3. The molecular formula is C23H26FN5O3. The Morgan fingerprint density at radius 2 is 2.16 bits per heavy atom. The minimum absolute atomic E-state index is 0.108. The van der Waals surface area contributed by atoms with Crippen molar-refractivity contribution < 1.29 is 19.4 Å². The van der Waals surface area contributed by atoms with Crippen molar-refractivity contribution in [1.29, 1.82) is 0 Å². The van der Waals surface area contributed by atoms with E-state index in [0.717, 1.165) is 36.2 Å². The average molecular weight is 439 g/mol. The van der Waals surface area contributed by atoms with Crippen molar-refractivity contribution in [3.63, 3.8) is 0 Å². The van der Waals surface area contributed by atoms with Crippen molar-refractivity contribution in [1.82, 2.24) is 20.3 Å². The fourth-order valence-corrected chi connectivity index (χ4v) is 5.07. The molecule has 2 atom stereocenters. The molecule has 1 aromatic carbocycles. The Balaban J connectivity index is 1.33. The molecule has 2 aromatic heterocycles. The summed E-state index contributed by atoms with van der Waals surface area (Å²) in [4.78, 5) is 27.4. The van der Waals surface area contributed by atoms with E-state index >= 15 is 0 Å². The zero-order valence-electron chi connectivity index (χ0n) is 17.6. The van der Waals surface area contributed by atoms with Gasteiger partial charge in [0.25, 0.3) is 0 Å². The lowest BCUT2D eigenvalue weighted by atomic mass is 9.81. The molecule has 4 N–H and O–H groups in total. The lowest BCUT2D eigenvalue weighted by molar-refractivity contribution is -0.129. The third-order valence-electron chi connectivity index (χ3n) is 6.92. The molecule has 0 bridgehead atoms. The van der Waals surface area contributed by atoms with Gasteiger partial charge in [-0.05, 0) is 54.0 Å². The number of hydrogen-bond acceptors (Lipinski definition) is 6. The van der Waals surface area contributed by atoms with Crippen LogP contribution >= 0.6 is 0 Å². The van der Waals surface area contributed by atoms with Gasteiger partial charge in [0.1, 0.15) is 23.6 Å². The van der Waals surface area contributed by atoms with Gasteiger partial charge in [0, 0.05) is 25.2 Å². The summed E-state index contributed by atoms with van der Waals surface area (Å²) in [6.07, 6.45) is 6.01. The summed E-state index contributed by atoms with van der Waals surface area (Å²) in [6, 6.07) is 5.29. The maximum Gasteiger partial charge on any atom is 0.224 e. The van der Waals surface area contributed by atoms with E-state index in [1.54, 1.807) is 6.33 Å². The molecule has 1 aliphatic heterocycles. The van der Waals surface area contributed by atoms with E-state index in [4.69, 9.17) is 0 Å². The number of nitrogens with one attached hydrogen (secondary N) is 2. The van der Waals surface area contributed by atoms with Crippen LogP contribution in [0.1, 0.15) is 36.4 Å². The van der Waals surface area contributed by atoms with Gasteiger partial charge < -0.3 is 25.4 Å². The molecule has 2 fully saturated rings. The monoisotopic (exact) mass is 439 g/mol. The van der Waals surface area contributed by atoms with E-state index in [1.807, 2.05) is 12.3 Å². The molecule has 1 spiro atoms. The maximum atomic E-state index is 13.5. The van der Waals surface area contributed by atoms with Gasteiger partial charge >= 0.3 is 0 Å². The first-order valence-corrected chi connectivity index (χ1v) is 10.9. The first-order valence-electron chi connectivity index (χ1n) is 10.9. The van der Waals surface area contributed by atoms with Crippen LogP contribution in [0.5, 0.6) is 0 Å². The van der Waals surface area contributed by atoms with Crippen LogP contribution in [-0.4, -0.2) is 50.8 Å². The Morgan fingerprint density at radius 1 is 1.31 bits per heavy atom. The first kappa shape index (κ1) is 20.8. The smallest absolute Gasteiger partial charge is 0.224 e. The van der Waals surface area contributed by atoms with Gasteiger partial charge in [-0.2, -0.15) is 0 Å². The van der Waals surface area contributed by atoms with Crippen LogP contribution in [0.2, 0.25) is 0 Å².